The smallest absolute Gasteiger partial charge is 0.331 e. The first-order valence-electron chi connectivity index (χ1n) is 16.2. The summed E-state index contributed by atoms with van der Waals surface area (Å²) < 4.78 is 9.96. The van der Waals surface area contributed by atoms with Gasteiger partial charge in [-0.1, -0.05) is 38.4 Å². The van der Waals surface area contributed by atoms with Crippen molar-refractivity contribution in [3.05, 3.63) is 79.7 Å². The fourth-order valence-corrected chi connectivity index (χ4v) is 7.21. The number of aromatic nitrogens is 7. The second kappa shape index (κ2) is 12.5. The van der Waals surface area contributed by atoms with Crippen LogP contribution < -0.4 is 17.0 Å². The number of piperidine rings is 1. The molecular formula is C34H38ClN9O4. The number of hydrogen-bond acceptors (Lipinski definition) is 9. The number of fused-ring (bicyclic) bond motifs is 2. The van der Waals surface area contributed by atoms with Crippen molar-refractivity contribution in [1.29, 1.82) is 0 Å². The lowest BCUT2D eigenvalue weighted by Gasteiger charge is -2.44. The van der Waals surface area contributed by atoms with Crippen LogP contribution in [0.15, 0.2) is 46.4 Å². The first-order chi connectivity index (χ1) is 23.0. The van der Waals surface area contributed by atoms with E-state index in [1.54, 1.807) is 24.4 Å². The van der Waals surface area contributed by atoms with Crippen molar-refractivity contribution in [2.24, 2.45) is 24.6 Å². The zero-order chi connectivity index (χ0) is 33.9. The van der Waals surface area contributed by atoms with Crippen molar-refractivity contribution >= 4 is 39.4 Å². The molecule has 250 valence electrons. The topological polar surface area (TPSA) is 156 Å². The van der Waals surface area contributed by atoms with E-state index in [1.807, 2.05) is 4.68 Å². The molecule has 0 bridgehead atoms. The molecule has 5 aromatic rings. The number of rotatable bonds is 8. The van der Waals surface area contributed by atoms with Crippen LogP contribution in [0.1, 0.15) is 55.1 Å². The van der Waals surface area contributed by atoms with Gasteiger partial charge in [-0.25, -0.2) is 24.4 Å². The van der Waals surface area contributed by atoms with Gasteiger partial charge in [0.2, 0.25) is 0 Å². The number of nitrogens with two attached hydrogens (primary N) is 1. The molecule has 2 atom stereocenters. The number of ether oxygens (including phenoxy) is 1. The van der Waals surface area contributed by atoms with Crippen molar-refractivity contribution in [2.45, 2.75) is 52.2 Å². The van der Waals surface area contributed by atoms with Gasteiger partial charge >= 0.3 is 5.69 Å². The first kappa shape index (κ1) is 32.1. The molecule has 1 aromatic carbocycles. The van der Waals surface area contributed by atoms with Gasteiger partial charge < -0.3 is 10.5 Å². The van der Waals surface area contributed by atoms with Gasteiger partial charge in [-0.05, 0) is 42.4 Å². The van der Waals surface area contributed by atoms with Crippen LogP contribution in [-0.2, 0) is 24.8 Å². The van der Waals surface area contributed by atoms with E-state index in [0.717, 1.165) is 37.3 Å². The monoisotopic (exact) mass is 671 g/mol. The second-order valence-corrected chi connectivity index (χ2v) is 13.8. The van der Waals surface area contributed by atoms with E-state index in [9.17, 15) is 14.4 Å². The number of likely N-dealkylation sites (tertiary alicyclic amines) is 1. The van der Waals surface area contributed by atoms with Gasteiger partial charge in [0.25, 0.3) is 11.5 Å². The SMILES string of the molecule is CC(C)Cc1nc2c(cnn2[C@@H]2CCN(C3COC3)C[C@H]2C)c(-c2ccc3c(c2)c(=O)n(C)c(=O)n3Cc2ncc(Cl)cn2)c1C(N)=O. The first-order valence-corrected chi connectivity index (χ1v) is 16.6. The summed E-state index contributed by atoms with van der Waals surface area (Å²) in [6.07, 6.45) is 6.10. The Hall–Kier alpha value is -4.46. The molecule has 0 aliphatic carbocycles. The molecule has 2 aliphatic rings. The average Bonchev–Trinajstić information content (AvgIpc) is 3.44. The van der Waals surface area contributed by atoms with Gasteiger partial charge in [0, 0.05) is 43.5 Å². The number of benzene rings is 1. The van der Waals surface area contributed by atoms with E-state index in [2.05, 4.69) is 35.6 Å². The molecule has 0 radical (unpaired) electrons. The van der Waals surface area contributed by atoms with Gasteiger partial charge in [0.15, 0.2) is 5.65 Å². The maximum absolute atomic E-state index is 13.6. The van der Waals surface area contributed by atoms with Crippen molar-refractivity contribution in [1.82, 2.24) is 38.8 Å². The summed E-state index contributed by atoms with van der Waals surface area (Å²) in [7, 11) is 1.44. The lowest BCUT2D eigenvalue weighted by molar-refractivity contribution is -0.0805. The fraction of sp³-hybridized carbons (Fsp3) is 0.441. The van der Waals surface area contributed by atoms with Gasteiger partial charge in [0.1, 0.15) is 5.82 Å². The summed E-state index contributed by atoms with van der Waals surface area (Å²) >= 11 is 5.97. The minimum Gasteiger partial charge on any atom is -0.378 e. The van der Waals surface area contributed by atoms with Crippen molar-refractivity contribution in [3.63, 3.8) is 0 Å². The molecule has 2 aliphatic heterocycles. The molecule has 1 amide bonds. The van der Waals surface area contributed by atoms with Gasteiger partial charge in [0.05, 0.1) is 65.2 Å². The van der Waals surface area contributed by atoms with Crippen LogP contribution in [0.25, 0.3) is 33.1 Å². The zero-order valence-electron chi connectivity index (χ0n) is 27.4. The van der Waals surface area contributed by atoms with Gasteiger partial charge in [-0.3, -0.25) is 23.6 Å². The summed E-state index contributed by atoms with van der Waals surface area (Å²) in [4.78, 5) is 56.2. The number of hydrogen-bond donors (Lipinski definition) is 1. The van der Waals surface area contributed by atoms with Crippen LogP contribution in [0.4, 0.5) is 0 Å². The van der Waals surface area contributed by atoms with Gasteiger partial charge in [-0.15, -0.1) is 0 Å². The fourth-order valence-electron chi connectivity index (χ4n) is 7.11. The largest absolute Gasteiger partial charge is 0.378 e. The second-order valence-electron chi connectivity index (χ2n) is 13.4. The zero-order valence-corrected chi connectivity index (χ0v) is 28.1. The average molecular weight is 672 g/mol. The molecule has 2 N–H and O–H groups in total. The summed E-state index contributed by atoms with van der Waals surface area (Å²) in [6.45, 7) is 9.84. The van der Waals surface area contributed by atoms with E-state index in [4.69, 9.17) is 32.2 Å². The van der Waals surface area contributed by atoms with E-state index in [0.29, 0.717) is 73.5 Å². The Morgan fingerprint density at radius 3 is 2.52 bits per heavy atom. The Labute approximate surface area is 281 Å². The predicted octanol–water partition coefficient (Wildman–Crippen LogP) is 3.18. The van der Waals surface area contributed by atoms with Crippen LogP contribution in [0, 0.1) is 11.8 Å². The van der Waals surface area contributed by atoms with E-state index in [-0.39, 0.29) is 18.5 Å². The van der Waals surface area contributed by atoms with E-state index < -0.39 is 17.2 Å². The maximum atomic E-state index is 13.6. The molecule has 0 unspecified atom stereocenters. The highest BCUT2D eigenvalue weighted by molar-refractivity contribution is 6.30. The van der Waals surface area contributed by atoms with Gasteiger partial charge in [-0.2, -0.15) is 5.10 Å². The lowest BCUT2D eigenvalue weighted by atomic mass is 9.91. The van der Waals surface area contributed by atoms with Crippen LogP contribution in [0.5, 0.6) is 0 Å². The molecule has 2 fully saturated rings. The molecule has 0 spiro atoms. The van der Waals surface area contributed by atoms with Crippen molar-refractivity contribution < 1.29 is 9.53 Å². The third-order valence-electron chi connectivity index (χ3n) is 9.61. The Kier molecular flexibility index (Phi) is 8.38. The number of halogens is 1. The summed E-state index contributed by atoms with van der Waals surface area (Å²) in [5.41, 5.74) is 8.30. The number of amides is 1. The molecule has 0 saturated carbocycles. The maximum Gasteiger partial charge on any atom is 0.331 e. The highest BCUT2D eigenvalue weighted by atomic mass is 35.5. The number of pyridine rings is 1. The Balaban J connectivity index is 1.40. The molecule has 7 rings (SSSR count). The molecule has 2 saturated heterocycles. The minimum absolute atomic E-state index is 0.0298. The third kappa shape index (κ3) is 5.59. The molecule has 48 heavy (non-hydrogen) atoms. The quantitative estimate of drug-likeness (QED) is 0.262. The van der Waals surface area contributed by atoms with Crippen LogP contribution in [0.3, 0.4) is 0 Å². The number of carbonyl (C=O) groups is 1. The Morgan fingerprint density at radius 2 is 1.88 bits per heavy atom. The van der Waals surface area contributed by atoms with E-state index in [1.165, 1.54) is 24.0 Å². The van der Waals surface area contributed by atoms with Crippen LogP contribution >= 0.6 is 11.6 Å². The third-order valence-corrected chi connectivity index (χ3v) is 9.81. The summed E-state index contributed by atoms with van der Waals surface area (Å²) in [5.74, 6) is 0.258. The molecular weight excluding hydrogens is 634 g/mol. The lowest BCUT2D eigenvalue weighted by Crippen LogP contribution is -2.54. The molecule has 6 heterocycles. The number of carbonyl (C=O) groups excluding carboxylic acids is 1. The number of nitrogens with zero attached hydrogens (tertiary/aromatic N) is 8. The minimum atomic E-state index is -0.606. The van der Waals surface area contributed by atoms with E-state index >= 15 is 0 Å². The predicted molar refractivity (Wildman–Crippen MR) is 182 cm³/mol. The molecule has 13 nitrogen and oxygen atoms in total. The van der Waals surface area contributed by atoms with Crippen molar-refractivity contribution in [2.75, 3.05) is 26.3 Å². The molecule has 14 heteroatoms. The summed E-state index contributed by atoms with van der Waals surface area (Å²) in [6, 6.07) is 5.82. The van der Waals surface area contributed by atoms with Crippen LogP contribution in [-0.4, -0.2) is 77.0 Å². The summed E-state index contributed by atoms with van der Waals surface area (Å²) in [5, 5.41) is 6.22. The Morgan fingerprint density at radius 1 is 1.12 bits per heavy atom. The van der Waals surface area contributed by atoms with Crippen molar-refractivity contribution in [3.8, 4) is 11.1 Å². The standard InChI is InChI=1S/C34H38ClN9O4/c1-18(2)9-25-30(31(36)45)29(24-13-39-44(32(24)40-25)26-7-8-42(14-19(26)3)22-16-48-17-22)20-5-6-27-23(10-20)33(46)41(4)34(47)43(27)15-28-37-11-21(35)12-38-28/h5-6,10-13,18-19,22,26H,7-9,14-17H2,1-4H3,(H2,36,45)/t19-,26-/m1/s1. The highest BCUT2D eigenvalue weighted by Crippen LogP contribution is 2.38. The normalized spacial score (nSPS) is 19.0. The van der Waals surface area contributed by atoms with Crippen LogP contribution in [0.2, 0.25) is 5.02 Å². The Bertz CT molecular complexity index is 2170. The molecule has 4 aromatic heterocycles. The highest BCUT2D eigenvalue weighted by Gasteiger charge is 2.35. The number of primary amides is 1.